The van der Waals surface area contributed by atoms with Gasteiger partial charge in [-0.1, -0.05) is 5.16 Å². The van der Waals surface area contributed by atoms with E-state index in [0.717, 1.165) is 37.3 Å². The molecule has 7 nitrogen and oxygen atoms in total. The molecule has 0 unspecified atom stereocenters. The van der Waals surface area contributed by atoms with Gasteiger partial charge in [0.2, 0.25) is 5.88 Å². The minimum absolute atomic E-state index is 0.135. The van der Waals surface area contributed by atoms with Crippen LogP contribution in [-0.4, -0.2) is 39.1 Å². The van der Waals surface area contributed by atoms with Gasteiger partial charge in [-0.2, -0.15) is 0 Å². The van der Waals surface area contributed by atoms with Gasteiger partial charge in [-0.15, -0.1) is 0 Å². The Labute approximate surface area is 116 Å². The second-order valence-electron chi connectivity index (χ2n) is 5.03. The molecule has 1 saturated heterocycles. The minimum atomic E-state index is -0.135. The summed E-state index contributed by atoms with van der Waals surface area (Å²) in [4.78, 5) is 21.1. The summed E-state index contributed by atoms with van der Waals surface area (Å²) in [5.41, 5.74) is 1.90. The predicted molar refractivity (Wildman–Crippen MR) is 72.4 cm³/mol. The van der Waals surface area contributed by atoms with Gasteiger partial charge in [0, 0.05) is 37.0 Å². The maximum atomic E-state index is 12.1. The number of anilines is 1. The molecule has 0 atom stereocenters. The molecule has 2 aromatic heterocycles. The Kier molecular flexibility index (Phi) is 3.41. The van der Waals surface area contributed by atoms with Gasteiger partial charge in [-0.05, 0) is 19.8 Å². The largest absolute Gasteiger partial charge is 0.348 e. The first-order valence-corrected chi connectivity index (χ1v) is 6.70. The highest BCUT2D eigenvalue weighted by atomic mass is 16.5. The third-order valence-electron chi connectivity index (χ3n) is 3.60. The van der Waals surface area contributed by atoms with E-state index in [2.05, 4.69) is 20.4 Å². The number of hydrogen-bond donors (Lipinski definition) is 2. The molecule has 0 spiro atoms. The molecule has 0 bridgehead atoms. The molecular weight excluding hydrogens is 258 g/mol. The number of carbonyl (C=O) groups excluding carboxylic acids is 1. The molecule has 2 amide bonds. The van der Waals surface area contributed by atoms with E-state index in [4.69, 9.17) is 4.52 Å². The quantitative estimate of drug-likeness (QED) is 0.878. The fourth-order valence-electron chi connectivity index (χ4n) is 2.49. The second-order valence-corrected chi connectivity index (χ2v) is 5.03. The Bertz CT molecular complexity index is 569. The summed E-state index contributed by atoms with van der Waals surface area (Å²) in [6, 6.07) is 1.57. The standard InChI is InChI=1S/C13H17N5O2/c1-9-6-12(20-17-9)16-13(19)18-4-2-10(3-5-18)11-7-14-8-15-11/h6-8,10H,2-5H2,1H3,(H,14,15)(H,16,19). The van der Waals surface area contributed by atoms with Crippen LogP contribution in [0.1, 0.15) is 30.1 Å². The van der Waals surface area contributed by atoms with E-state index in [1.54, 1.807) is 17.3 Å². The number of amides is 2. The van der Waals surface area contributed by atoms with Crippen molar-refractivity contribution < 1.29 is 9.32 Å². The van der Waals surface area contributed by atoms with E-state index in [0.29, 0.717) is 11.8 Å². The fourth-order valence-corrected chi connectivity index (χ4v) is 2.49. The van der Waals surface area contributed by atoms with Crippen LogP contribution in [0.15, 0.2) is 23.1 Å². The summed E-state index contributed by atoms with van der Waals surface area (Å²) in [5, 5.41) is 6.46. The molecule has 3 rings (SSSR count). The molecule has 7 heteroatoms. The number of urea groups is 1. The number of aromatic nitrogens is 3. The van der Waals surface area contributed by atoms with Gasteiger partial charge in [0.25, 0.3) is 0 Å². The second kappa shape index (κ2) is 5.36. The zero-order chi connectivity index (χ0) is 13.9. The van der Waals surface area contributed by atoms with Gasteiger partial charge in [-0.3, -0.25) is 5.32 Å². The van der Waals surface area contributed by atoms with Crippen molar-refractivity contribution in [2.45, 2.75) is 25.7 Å². The number of aromatic amines is 1. The summed E-state index contributed by atoms with van der Waals surface area (Å²) in [5.74, 6) is 0.845. The van der Waals surface area contributed by atoms with Crippen molar-refractivity contribution in [2.75, 3.05) is 18.4 Å². The average Bonchev–Trinajstić information content (AvgIpc) is 3.11. The van der Waals surface area contributed by atoms with Crippen LogP contribution < -0.4 is 5.32 Å². The number of carbonyl (C=O) groups is 1. The maximum absolute atomic E-state index is 12.1. The minimum Gasteiger partial charge on any atom is -0.348 e. The first kappa shape index (κ1) is 12.7. The summed E-state index contributed by atoms with van der Waals surface area (Å²) < 4.78 is 4.98. The number of rotatable bonds is 2. The van der Waals surface area contributed by atoms with Crippen LogP contribution in [0.2, 0.25) is 0 Å². The van der Waals surface area contributed by atoms with Gasteiger partial charge < -0.3 is 14.4 Å². The summed E-state index contributed by atoms with van der Waals surface area (Å²) >= 11 is 0. The first-order chi connectivity index (χ1) is 9.72. The van der Waals surface area contributed by atoms with E-state index in [1.807, 2.05) is 13.1 Å². The summed E-state index contributed by atoms with van der Waals surface area (Å²) in [6.07, 6.45) is 5.43. The molecule has 1 aliphatic rings. The number of likely N-dealkylation sites (tertiary alicyclic amines) is 1. The van der Waals surface area contributed by atoms with Crippen molar-refractivity contribution in [2.24, 2.45) is 0 Å². The molecule has 3 heterocycles. The monoisotopic (exact) mass is 275 g/mol. The van der Waals surface area contributed by atoms with E-state index >= 15 is 0 Å². The predicted octanol–water partition coefficient (Wildman–Crippen LogP) is 2.12. The van der Waals surface area contributed by atoms with E-state index in [9.17, 15) is 4.79 Å². The van der Waals surface area contributed by atoms with Crippen LogP contribution >= 0.6 is 0 Å². The number of nitrogens with one attached hydrogen (secondary N) is 2. The molecule has 106 valence electrons. The topological polar surface area (TPSA) is 87.0 Å². The zero-order valence-electron chi connectivity index (χ0n) is 11.3. The van der Waals surface area contributed by atoms with Crippen LogP contribution in [0.5, 0.6) is 0 Å². The van der Waals surface area contributed by atoms with Crippen molar-refractivity contribution in [1.82, 2.24) is 20.0 Å². The number of H-pyrrole nitrogens is 1. The summed E-state index contributed by atoms with van der Waals surface area (Å²) in [7, 11) is 0. The Morgan fingerprint density at radius 2 is 2.30 bits per heavy atom. The highest BCUT2D eigenvalue weighted by Gasteiger charge is 2.25. The Morgan fingerprint density at radius 3 is 2.90 bits per heavy atom. The van der Waals surface area contributed by atoms with Gasteiger partial charge in [0.15, 0.2) is 0 Å². The lowest BCUT2D eigenvalue weighted by atomic mass is 9.94. The molecule has 2 N–H and O–H groups in total. The molecule has 2 aromatic rings. The van der Waals surface area contributed by atoms with Crippen molar-refractivity contribution in [3.05, 3.63) is 30.0 Å². The smallest absolute Gasteiger partial charge is 0.324 e. The number of nitrogens with zero attached hydrogens (tertiary/aromatic N) is 3. The van der Waals surface area contributed by atoms with Crippen LogP contribution in [0.3, 0.4) is 0 Å². The van der Waals surface area contributed by atoms with Crippen molar-refractivity contribution >= 4 is 11.9 Å². The molecule has 0 radical (unpaired) electrons. The molecular formula is C13H17N5O2. The highest BCUT2D eigenvalue weighted by Crippen LogP contribution is 2.26. The Hall–Kier alpha value is -2.31. The Balaban J connectivity index is 1.54. The van der Waals surface area contributed by atoms with Gasteiger partial charge in [0.1, 0.15) is 0 Å². The lowest BCUT2D eigenvalue weighted by Crippen LogP contribution is -2.40. The molecule has 20 heavy (non-hydrogen) atoms. The van der Waals surface area contributed by atoms with E-state index in [1.165, 1.54) is 0 Å². The van der Waals surface area contributed by atoms with E-state index in [-0.39, 0.29) is 6.03 Å². The van der Waals surface area contributed by atoms with E-state index < -0.39 is 0 Å². The summed E-state index contributed by atoms with van der Waals surface area (Å²) in [6.45, 7) is 3.26. The number of hydrogen-bond acceptors (Lipinski definition) is 4. The zero-order valence-corrected chi connectivity index (χ0v) is 11.3. The molecule has 0 aliphatic carbocycles. The Morgan fingerprint density at radius 1 is 1.50 bits per heavy atom. The van der Waals surface area contributed by atoms with Crippen LogP contribution in [0.4, 0.5) is 10.7 Å². The van der Waals surface area contributed by atoms with Gasteiger partial charge in [0.05, 0.1) is 12.0 Å². The third-order valence-corrected chi connectivity index (χ3v) is 3.60. The number of piperidine rings is 1. The van der Waals surface area contributed by atoms with Crippen LogP contribution in [0, 0.1) is 6.92 Å². The van der Waals surface area contributed by atoms with Crippen molar-refractivity contribution in [1.29, 1.82) is 0 Å². The lowest BCUT2D eigenvalue weighted by Gasteiger charge is -2.31. The van der Waals surface area contributed by atoms with Gasteiger partial charge in [-0.25, -0.2) is 9.78 Å². The number of aryl methyl sites for hydroxylation is 1. The maximum Gasteiger partial charge on any atom is 0.324 e. The van der Waals surface area contributed by atoms with Gasteiger partial charge >= 0.3 is 6.03 Å². The van der Waals surface area contributed by atoms with Crippen LogP contribution in [0.25, 0.3) is 0 Å². The van der Waals surface area contributed by atoms with Crippen LogP contribution in [-0.2, 0) is 0 Å². The first-order valence-electron chi connectivity index (χ1n) is 6.70. The normalized spacial score (nSPS) is 16.4. The number of imidazole rings is 1. The molecule has 0 saturated carbocycles. The lowest BCUT2D eigenvalue weighted by molar-refractivity contribution is 0.193. The SMILES string of the molecule is Cc1cc(NC(=O)N2CCC(c3cnc[nH]3)CC2)on1. The van der Waals surface area contributed by atoms with Crippen molar-refractivity contribution in [3.63, 3.8) is 0 Å². The molecule has 1 aliphatic heterocycles. The highest BCUT2D eigenvalue weighted by molar-refractivity contribution is 5.87. The average molecular weight is 275 g/mol. The van der Waals surface area contributed by atoms with Crippen molar-refractivity contribution in [3.8, 4) is 0 Å². The molecule has 0 aromatic carbocycles. The third kappa shape index (κ3) is 2.66. The molecule has 1 fully saturated rings. The fraction of sp³-hybridized carbons (Fsp3) is 0.462.